The van der Waals surface area contributed by atoms with Crippen molar-refractivity contribution < 1.29 is 4.79 Å². The molecule has 110 valence electrons. The van der Waals surface area contributed by atoms with Crippen molar-refractivity contribution in [1.29, 1.82) is 0 Å². The second kappa shape index (κ2) is 6.39. The summed E-state index contributed by atoms with van der Waals surface area (Å²) in [5.74, 6) is -0.0306. The van der Waals surface area contributed by atoms with Gasteiger partial charge < -0.3 is 0 Å². The Morgan fingerprint density at radius 3 is 2.32 bits per heavy atom. The SMILES string of the molecule is CC(=O)N1N=C(/C=C\c2ccccc2)C[C@H]1c1ccccc1. The van der Waals surface area contributed by atoms with E-state index in [4.69, 9.17) is 0 Å². The van der Waals surface area contributed by atoms with Gasteiger partial charge in [0.2, 0.25) is 5.91 Å². The number of hydrazone groups is 1. The summed E-state index contributed by atoms with van der Waals surface area (Å²) in [5.41, 5.74) is 3.17. The summed E-state index contributed by atoms with van der Waals surface area (Å²) in [6.45, 7) is 1.56. The molecule has 1 atom stereocenters. The highest BCUT2D eigenvalue weighted by Gasteiger charge is 2.29. The van der Waals surface area contributed by atoms with Gasteiger partial charge in [0, 0.05) is 13.3 Å². The molecule has 3 nitrogen and oxygen atoms in total. The van der Waals surface area contributed by atoms with E-state index in [-0.39, 0.29) is 11.9 Å². The van der Waals surface area contributed by atoms with Crippen LogP contribution in [0.3, 0.4) is 0 Å². The first-order valence-corrected chi connectivity index (χ1v) is 7.39. The molecule has 1 aliphatic heterocycles. The topological polar surface area (TPSA) is 32.7 Å². The van der Waals surface area contributed by atoms with E-state index in [1.165, 1.54) is 0 Å². The van der Waals surface area contributed by atoms with E-state index in [1.807, 2.05) is 72.8 Å². The van der Waals surface area contributed by atoms with Gasteiger partial charge in [-0.3, -0.25) is 4.79 Å². The molecule has 0 aliphatic carbocycles. The highest BCUT2D eigenvalue weighted by atomic mass is 16.2. The van der Waals surface area contributed by atoms with Crippen LogP contribution in [-0.2, 0) is 4.79 Å². The van der Waals surface area contributed by atoms with Crippen molar-refractivity contribution in [3.63, 3.8) is 0 Å². The molecule has 1 aliphatic rings. The molecule has 3 heteroatoms. The first kappa shape index (κ1) is 14.3. The second-order valence-electron chi connectivity index (χ2n) is 5.33. The van der Waals surface area contributed by atoms with Gasteiger partial charge in [-0.15, -0.1) is 0 Å². The lowest BCUT2D eigenvalue weighted by Gasteiger charge is -2.20. The smallest absolute Gasteiger partial charge is 0.240 e. The minimum Gasteiger partial charge on any atom is -0.273 e. The van der Waals surface area contributed by atoms with Gasteiger partial charge in [0.05, 0.1) is 11.8 Å². The first-order chi connectivity index (χ1) is 10.7. The van der Waals surface area contributed by atoms with Crippen LogP contribution >= 0.6 is 0 Å². The number of carbonyl (C=O) groups is 1. The zero-order chi connectivity index (χ0) is 15.4. The van der Waals surface area contributed by atoms with Crippen molar-refractivity contribution in [2.45, 2.75) is 19.4 Å². The summed E-state index contributed by atoms with van der Waals surface area (Å²) >= 11 is 0. The van der Waals surface area contributed by atoms with E-state index >= 15 is 0 Å². The number of hydrogen-bond acceptors (Lipinski definition) is 2. The third-order valence-electron chi connectivity index (χ3n) is 3.71. The van der Waals surface area contributed by atoms with E-state index in [0.29, 0.717) is 0 Å². The summed E-state index contributed by atoms with van der Waals surface area (Å²) in [7, 11) is 0. The third kappa shape index (κ3) is 3.14. The average molecular weight is 290 g/mol. The Bertz CT molecular complexity index is 705. The Morgan fingerprint density at radius 2 is 1.68 bits per heavy atom. The minimum absolute atomic E-state index is 0.00544. The van der Waals surface area contributed by atoms with Gasteiger partial charge in [-0.1, -0.05) is 66.7 Å². The maximum atomic E-state index is 11.8. The van der Waals surface area contributed by atoms with Crippen LogP contribution in [-0.4, -0.2) is 16.6 Å². The molecule has 0 bridgehead atoms. The van der Waals surface area contributed by atoms with Crippen LogP contribution < -0.4 is 0 Å². The largest absolute Gasteiger partial charge is 0.273 e. The molecule has 0 saturated carbocycles. The quantitative estimate of drug-likeness (QED) is 0.839. The molecule has 1 heterocycles. The summed E-state index contributed by atoms with van der Waals surface area (Å²) in [6.07, 6.45) is 4.77. The molecular formula is C19H18N2O. The maximum Gasteiger partial charge on any atom is 0.240 e. The van der Waals surface area contributed by atoms with Crippen LogP contribution in [0.1, 0.15) is 30.5 Å². The average Bonchev–Trinajstić information content (AvgIpc) is 2.99. The molecule has 0 fully saturated rings. The van der Waals surface area contributed by atoms with Crippen molar-refractivity contribution in [2.75, 3.05) is 0 Å². The zero-order valence-corrected chi connectivity index (χ0v) is 12.5. The molecule has 0 radical (unpaired) electrons. The van der Waals surface area contributed by atoms with E-state index in [1.54, 1.807) is 11.9 Å². The normalized spacial score (nSPS) is 17.8. The van der Waals surface area contributed by atoms with Crippen LogP contribution in [0.5, 0.6) is 0 Å². The Hall–Kier alpha value is -2.68. The van der Waals surface area contributed by atoms with Crippen LogP contribution in [0.15, 0.2) is 71.8 Å². The third-order valence-corrected chi connectivity index (χ3v) is 3.71. The number of allylic oxidation sites excluding steroid dienone is 1. The van der Waals surface area contributed by atoms with E-state index < -0.39 is 0 Å². The number of hydrogen-bond donors (Lipinski definition) is 0. The van der Waals surface area contributed by atoms with Crippen LogP contribution in [0, 0.1) is 0 Å². The van der Waals surface area contributed by atoms with Crippen LogP contribution in [0.4, 0.5) is 0 Å². The lowest BCUT2D eigenvalue weighted by atomic mass is 10.0. The molecule has 1 amide bonds. The van der Waals surface area contributed by atoms with Crippen molar-refractivity contribution in [3.05, 3.63) is 77.9 Å². The number of amides is 1. The number of carbonyl (C=O) groups excluding carboxylic acids is 1. The van der Waals surface area contributed by atoms with Crippen molar-refractivity contribution in [1.82, 2.24) is 5.01 Å². The molecule has 0 unspecified atom stereocenters. The maximum absolute atomic E-state index is 11.8. The fourth-order valence-electron chi connectivity index (χ4n) is 2.62. The molecule has 3 rings (SSSR count). The minimum atomic E-state index is -0.0306. The second-order valence-corrected chi connectivity index (χ2v) is 5.33. The lowest BCUT2D eigenvalue weighted by molar-refractivity contribution is -0.130. The Morgan fingerprint density at radius 1 is 1.05 bits per heavy atom. The van der Waals surface area contributed by atoms with E-state index in [9.17, 15) is 4.79 Å². The zero-order valence-electron chi connectivity index (χ0n) is 12.5. The predicted octanol–water partition coefficient (Wildman–Crippen LogP) is 4.05. The van der Waals surface area contributed by atoms with Gasteiger partial charge >= 0.3 is 0 Å². The Kier molecular flexibility index (Phi) is 4.15. The van der Waals surface area contributed by atoms with E-state index in [0.717, 1.165) is 23.3 Å². The summed E-state index contributed by atoms with van der Waals surface area (Å²) in [6, 6.07) is 20.1. The molecule has 0 saturated heterocycles. The first-order valence-electron chi connectivity index (χ1n) is 7.39. The Labute approximate surface area is 130 Å². The molecule has 0 N–H and O–H groups in total. The predicted molar refractivity (Wildman–Crippen MR) is 89.2 cm³/mol. The van der Waals surface area contributed by atoms with Crippen LogP contribution in [0.25, 0.3) is 6.08 Å². The highest BCUT2D eigenvalue weighted by molar-refractivity contribution is 6.00. The van der Waals surface area contributed by atoms with Gasteiger partial charge in [0.25, 0.3) is 0 Å². The van der Waals surface area contributed by atoms with Gasteiger partial charge in [0.1, 0.15) is 0 Å². The van der Waals surface area contributed by atoms with Gasteiger partial charge in [0.15, 0.2) is 0 Å². The van der Waals surface area contributed by atoms with Gasteiger partial charge in [-0.05, 0) is 17.2 Å². The number of benzene rings is 2. The Balaban J connectivity index is 1.81. The van der Waals surface area contributed by atoms with Gasteiger partial charge in [-0.2, -0.15) is 5.10 Å². The molecule has 22 heavy (non-hydrogen) atoms. The fraction of sp³-hybridized carbons (Fsp3) is 0.158. The van der Waals surface area contributed by atoms with E-state index in [2.05, 4.69) is 5.10 Å². The molecule has 0 aromatic heterocycles. The number of rotatable bonds is 3. The van der Waals surface area contributed by atoms with Crippen molar-refractivity contribution in [3.8, 4) is 0 Å². The number of nitrogens with zero attached hydrogens (tertiary/aromatic N) is 2. The highest BCUT2D eigenvalue weighted by Crippen LogP contribution is 2.31. The molecule has 2 aromatic carbocycles. The fourth-order valence-corrected chi connectivity index (χ4v) is 2.62. The van der Waals surface area contributed by atoms with Crippen LogP contribution in [0.2, 0.25) is 0 Å². The monoisotopic (exact) mass is 290 g/mol. The standard InChI is InChI=1S/C19H18N2O/c1-15(22)21-19(17-10-6-3-7-11-17)14-18(20-21)13-12-16-8-4-2-5-9-16/h2-13,19H,14H2,1H3/b13-12-/t19-/m0/s1. The lowest BCUT2D eigenvalue weighted by Crippen LogP contribution is -2.24. The van der Waals surface area contributed by atoms with Crippen molar-refractivity contribution in [2.24, 2.45) is 5.10 Å². The molecule has 0 spiro atoms. The van der Waals surface area contributed by atoms with Crippen molar-refractivity contribution >= 4 is 17.7 Å². The summed E-state index contributed by atoms with van der Waals surface area (Å²) in [4.78, 5) is 11.8. The molecule has 2 aromatic rings. The van der Waals surface area contributed by atoms with Gasteiger partial charge in [-0.25, -0.2) is 5.01 Å². The molecular weight excluding hydrogens is 272 g/mol. The summed E-state index contributed by atoms with van der Waals surface area (Å²) in [5, 5.41) is 6.06. The summed E-state index contributed by atoms with van der Waals surface area (Å²) < 4.78 is 0.